The summed E-state index contributed by atoms with van der Waals surface area (Å²) in [4.78, 5) is -0.0479. The molecule has 7 heteroatoms. The van der Waals surface area contributed by atoms with Gasteiger partial charge in [-0.2, -0.15) is 5.26 Å². The highest BCUT2D eigenvalue weighted by molar-refractivity contribution is 7.89. The third-order valence-corrected chi connectivity index (χ3v) is 5.61. The molecular formula is C14H18ClN3O2S. The fourth-order valence-electron chi connectivity index (χ4n) is 2.59. The van der Waals surface area contributed by atoms with E-state index in [-0.39, 0.29) is 16.5 Å². The molecule has 21 heavy (non-hydrogen) atoms. The molecule has 0 spiro atoms. The minimum absolute atomic E-state index is 0.0479. The maximum absolute atomic E-state index is 12.4. The first-order valence-electron chi connectivity index (χ1n) is 6.85. The van der Waals surface area contributed by atoms with Gasteiger partial charge in [0.1, 0.15) is 11.0 Å². The largest absolute Gasteiger partial charge is 0.317 e. The lowest BCUT2D eigenvalue weighted by molar-refractivity contribution is 0.343. The molecule has 1 saturated carbocycles. The summed E-state index contributed by atoms with van der Waals surface area (Å²) in [5.74, 6) is 0. The standard InChI is InChI=1S/C14H18ClN3O2S/c1-17-12-4-6-13(7-5-12)18-21(19,20)14-8-11(15)3-2-10(14)9-16/h2-3,8,12-13,17-18H,4-7H2,1H3. The number of nitrogens with one attached hydrogen (secondary N) is 2. The molecule has 0 aliphatic heterocycles. The minimum Gasteiger partial charge on any atom is -0.317 e. The Labute approximate surface area is 130 Å². The first-order chi connectivity index (χ1) is 9.96. The highest BCUT2D eigenvalue weighted by Crippen LogP contribution is 2.23. The Kier molecular flexibility index (Phi) is 5.22. The van der Waals surface area contributed by atoms with Gasteiger partial charge >= 0.3 is 0 Å². The Balaban J connectivity index is 2.16. The van der Waals surface area contributed by atoms with Gasteiger partial charge in [0, 0.05) is 17.1 Å². The first kappa shape index (κ1) is 16.2. The molecule has 0 heterocycles. The monoisotopic (exact) mass is 327 g/mol. The topological polar surface area (TPSA) is 82.0 Å². The van der Waals surface area contributed by atoms with E-state index in [2.05, 4.69) is 10.0 Å². The Morgan fingerprint density at radius 3 is 2.43 bits per heavy atom. The molecule has 1 aliphatic carbocycles. The van der Waals surface area contributed by atoms with Crippen LogP contribution in [0.4, 0.5) is 0 Å². The van der Waals surface area contributed by atoms with Crippen LogP contribution >= 0.6 is 11.6 Å². The van der Waals surface area contributed by atoms with Crippen LogP contribution in [0.3, 0.4) is 0 Å². The van der Waals surface area contributed by atoms with Crippen molar-refractivity contribution in [2.24, 2.45) is 0 Å². The average molecular weight is 328 g/mol. The van der Waals surface area contributed by atoms with Crippen molar-refractivity contribution in [1.82, 2.24) is 10.0 Å². The molecule has 114 valence electrons. The zero-order chi connectivity index (χ0) is 15.5. The molecule has 1 aromatic rings. The second-order valence-electron chi connectivity index (χ2n) is 5.21. The van der Waals surface area contributed by atoms with Crippen LogP contribution in [-0.2, 0) is 10.0 Å². The van der Waals surface area contributed by atoms with Gasteiger partial charge in [-0.1, -0.05) is 11.6 Å². The first-order valence-corrected chi connectivity index (χ1v) is 8.71. The number of nitrogens with zero attached hydrogens (tertiary/aromatic N) is 1. The van der Waals surface area contributed by atoms with Crippen molar-refractivity contribution in [3.63, 3.8) is 0 Å². The number of nitriles is 1. The van der Waals surface area contributed by atoms with Gasteiger partial charge in [0.15, 0.2) is 0 Å². The third kappa shape index (κ3) is 3.95. The van der Waals surface area contributed by atoms with Crippen LogP contribution in [0, 0.1) is 11.3 Å². The molecule has 0 aromatic heterocycles. The van der Waals surface area contributed by atoms with E-state index >= 15 is 0 Å². The van der Waals surface area contributed by atoms with Crippen molar-refractivity contribution in [3.8, 4) is 6.07 Å². The predicted molar refractivity (Wildman–Crippen MR) is 81.6 cm³/mol. The van der Waals surface area contributed by atoms with E-state index in [0.29, 0.717) is 11.1 Å². The van der Waals surface area contributed by atoms with Crippen molar-refractivity contribution in [2.75, 3.05) is 7.05 Å². The molecule has 0 bridgehead atoms. The van der Waals surface area contributed by atoms with E-state index in [4.69, 9.17) is 16.9 Å². The molecule has 1 aliphatic rings. The lowest BCUT2D eigenvalue weighted by Gasteiger charge is -2.28. The summed E-state index contributed by atoms with van der Waals surface area (Å²) in [5.41, 5.74) is 0.107. The van der Waals surface area contributed by atoms with Crippen LogP contribution in [0.5, 0.6) is 0 Å². The van der Waals surface area contributed by atoms with Crippen LogP contribution in [-0.4, -0.2) is 27.5 Å². The third-order valence-electron chi connectivity index (χ3n) is 3.81. The van der Waals surface area contributed by atoms with Gasteiger partial charge in [-0.25, -0.2) is 13.1 Å². The second kappa shape index (κ2) is 6.75. The van der Waals surface area contributed by atoms with Crippen molar-refractivity contribution >= 4 is 21.6 Å². The Morgan fingerprint density at radius 2 is 1.86 bits per heavy atom. The average Bonchev–Trinajstić information content (AvgIpc) is 2.47. The van der Waals surface area contributed by atoms with Gasteiger partial charge < -0.3 is 5.32 Å². The van der Waals surface area contributed by atoms with E-state index in [0.717, 1.165) is 25.7 Å². The number of sulfonamides is 1. The summed E-state index contributed by atoms with van der Waals surface area (Å²) in [6, 6.07) is 6.51. The molecular weight excluding hydrogens is 310 g/mol. The van der Waals surface area contributed by atoms with Crippen molar-refractivity contribution < 1.29 is 8.42 Å². The van der Waals surface area contributed by atoms with Crippen LogP contribution in [0.15, 0.2) is 23.1 Å². The molecule has 0 saturated heterocycles. The van der Waals surface area contributed by atoms with Crippen LogP contribution in [0.2, 0.25) is 5.02 Å². The Hall–Kier alpha value is -1.13. The van der Waals surface area contributed by atoms with Gasteiger partial charge in [-0.3, -0.25) is 0 Å². The van der Waals surface area contributed by atoms with Gasteiger partial charge in [0.25, 0.3) is 0 Å². The predicted octanol–water partition coefficient (Wildman–Crippen LogP) is 2.02. The lowest BCUT2D eigenvalue weighted by Crippen LogP contribution is -2.41. The highest BCUT2D eigenvalue weighted by Gasteiger charge is 2.26. The molecule has 2 N–H and O–H groups in total. The zero-order valence-electron chi connectivity index (χ0n) is 11.8. The lowest BCUT2D eigenvalue weighted by atomic mass is 9.92. The van der Waals surface area contributed by atoms with E-state index in [1.54, 1.807) is 0 Å². The Bertz CT molecular complexity index is 647. The summed E-state index contributed by atoms with van der Waals surface area (Å²) < 4.78 is 27.6. The molecule has 2 rings (SSSR count). The molecule has 5 nitrogen and oxygen atoms in total. The fraction of sp³-hybridized carbons (Fsp3) is 0.500. The molecule has 0 radical (unpaired) electrons. The van der Waals surface area contributed by atoms with Crippen LogP contribution in [0.1, 0.15) is 31.2 Å². The SMILES string of the molecule is CNC1CCC(NS(=O)(=O)c2cc(Cl)ccc2C#N)CC1. The Morgan fingerprint density at radius 1 is 1.24 bits per heavy atom. The minimum atomic E-state index is -3.73. The summed E-state index contributed by atoms with van der Waals surface area (Å²) >= 11 is 5.85. The number of benzene rings is 1. The fourth-order valence-corrected chi connectivity index (χ4v) is 4.32. The van der Waals surface area contributed by atoms with E-state index in [1.165, 1.54) is 18.2 Å². The van der Waals surface area contributed by atoms with E-state index in [1.807, 2.05) is 13.1 Å². The molecule has 1 aromatic carbocycles. The maximum atomic E-state index is 12.4. The molecule has 0 amide bonds. The summed E-state index contributed by atoms with van der Waals surface area (Å²) in [6.45, 7) is 0. The van der Waals surface area contributed by atoms with Gasteiger partial charge in [-0.05, 0) is 50.9 Å². The smallest absolute Gasteiger partial charge is 0.242 e. The number of hydrogen-bond donors (Lipinski definition) is 2. The number of hydrogen-bond acceptors (Lipinski definition) is 4. The van der Waals surface area contributed by atoms with E-state index < -0.39 is 10.0 Å². The van der Waals surface area contributed by atoms with Crippen LogP contribution < -0.4 is 10.0 Å². The normalized spacial score (nSPS) is 22.7. The number of rotatable bonds is 4. The molecule has 0 atom stereocenters. The van der Waals surface area contributed by atoms with Crippen LogP contribution in [0.25, 0.3) is 0 Å². The second-order valence-corrected chi connectivity index (χ2v) is 7.33. The van der Waals surface area contributed by atoms with Gasteiger partial charge in [-0.15, -0.1) is 0 Å². The highest BCUT2D eigenvalue weighted by atomic mass is 35.5. The number of halogens is 1. The van der Waals surface area contributed by atoms with Crippen molar-refractivity contribution in [2.45, 2.75) is 42.7 Å². The van der Waals surface area contributed by atoms with Gasteiger partial charge in [0.2, 0.25) is 10.0 Å². The zero-order valence-corrected chi connectivity index (χ0v) is 13.3. The quantitative estimate of drug-likeness (QED) is 0.886. The maximum Gasteiger partial charge on any atom is 0.242 e. The molecule has 0 unspecified atom stereocenters. The molecule has 1 fully saturated rings. The summed E-state index contributed by atoms with van der Waals surface area (Å²) in [5, 5.41) is 12.6. The van der Waals surface area contributed by atoms with E-state index in [9.17, 15) is 8.42 Å². The van der Waals surface area contributed by atoms with Crippen molar-refractivity contribution in [1.29, 1.82) is 5.26 Å². The van der Waals surface area contributed by atoms with Crippen molar-refractivity contribution in [3.05, 3.63) is 28.8 Å². The van der Waals surface area contributed by atoms with Gasteiger partial charge in [0.05, 0.1) is 5.56 Å². The summed E-state index contributed by atoms with van der Waals surface area (Å²) in [7, 11) is -1.81. The summed E-state index contributed by atoms with van der Waals surface area (Å²) in [6.07, 6.45) is 3.44.